The molecule has 4 aromatic rings. The molecule has 3 N–H and O–H groups in total. The van der Waals surface area contributed by atoms with Gasteiger partial charge in [0.2, 0.25) is 0 Å². The van der Waals surface area contributed by atoms with Crippen molar-refractivity contribution in [2.45, 2.75) is 12.5 Å². The molecular formula is C24H22N2O. The summed E-state index contributed by atoms with van der Waals surface area (Å²) in [7, 11) is 0. The van der Waals surface area contributed by atoms with Crippen LogP contribution >= 0.6 is 0 Å². The van der Waals surface area contributed by atoms with Gasteiger partial charge in [-0.2, -0.15) is 0 Å². The highest BCUT2D eigenvalue weighted by Crippen LogP contribution is 2.42. The number of fused-ring (bicyclic) bond motifs is 1. The number of rotatable bonds is 3. The van der Waals surface area contributed by atoms with Crippen molar-refractivity contribution >= 4 is 11.0 Å². The molecule has 1 fully saturated rings. The van der Waals surface area contributed by atoms with Crippen LogP contribution in [0.5, 0.6) is 0 Å². The minimum Gasteiger partial charge on any atom is -0.455 e. The van der Waals surface area contributed by atoms with Crippen molar-refractivity contribution in [1.29, 1.82) is 0 Å². The SMILES string of the molecule is Cc1cccc2c(-c3ccccc3)c(-c3ccc(C4(N)CNC4)cc3)oc12. The van der Waals surface area contributed by atoms with E-state index in [1.165, 1.54) is 11.1 Å². The zero-order chi connectivity index (χ0) is 18.4. The summed E-state index contributed by atoms with van der Waals surface area (Å²) in [6.07, 6.45) is 0. The molecule has 0 bridgehead atoms. The first-order valence-corrected chi connectivity index (χ1v) is 9.34. The second kappa shape index (κ2) is 6.08. The molecule has 0 amide bonds. The van der Waals surface area contributed by atoms with Gasteiger partial charge in [-0.05, 0) is 23.6 Å². The molecule has 0 atom stereocenters. The third-order valence-electron chi connectivity index (χ3n) is 5.58. The van der Waals surface area contributed by atoms with E-state index < -0.39 is 0 Å². The highest BCUT2D eigenvalue weighted by Gasteiger charge is 2.34. The van der Waals surface area contributed by atoms with Crippen LogP contribution in [0, 0.1) is 6.92 Å². The van der Waals surface area contributed by atoms with Crippen LogP contribution in [0.1, 0.15) is 11.1 Å². The summed E-state index contributed by atoms with van der Waals surface area (Å²) in [6, 6.07) is 25.3. The van der Waals surface area contributed by atoms with E-state index in [0.29, 0.717) is 0 Å². The van der Waals surface area contributed by atoms with Crippen LogP contribution in [-0.4, -0.2) is 13.1 Å². The van der Waals surface area contributed by atoms with E-state index in [1.807, 2.05) is 6.07 Å². The number of nitrogens with two attached hydrogens (primary N) is 1. The normalized spacial score (nSPS) is 15.6. The maximum atomic E-state index is 6.43. The molecule has 2 heterocycles. The van der Waals surface area contributed by atoms with Crippen LogP contribution in [0.3, 0.4) is 0 Å². The van der Waals surface area contributed by atoms with Gasteiger partial charge in [0, 0.05) is 29.6 Å². The number of hydrogen-bond acceptors (Lipinski definition) is 3. The molecule has 3 heteroatoms. The minimum atomic E-state index is -0.245. The lowest BCUT2D eigenvalue weighted by Gasteiger charge is -2.39. The lowest BCUT2D eigenvalue weighted by molar-refractivity contribution is 0.287. The Kier molecular flexibility index (Phi) is 3.67. The Hall–Kier alpha value is -2.88. The summed E-state index contributed by atoms with van der Waals surface area (Å²) in [5.74, 6) is 0.912. The summed E-state index contributed by atoms with van der Waals surface area (Å²) in [4.78, 5) is 0. The Labute approximate surface area is 158 Å². The van der Waals surface area contributed by atoms with E-state index >= 15 is 0 Å². The van der Waals surface area contributed by atoms with Crippen LogP contribution in [0.4, 0.5) is 0 Å². The molecule has 3 aromatic carbocycles. The summed E-state index contributed by atoms with van der Waals surface area (Å²) in [6.45, 7) is 3.74. The molecule has 3 nitrogen and oxygen atoms in total. The molecule has 1 aliphatic rings. The van der Waals surface area contributed by atoms with Gasteiger partial charge in [0.05, 0.1) is 5.54 Å². The fourth-order valence-electron chi connectivity index (χ4n) is 3.91. The fraction of sp³-hybridized carbons (Fsp3) is 0.167. The van der Waals surface area contributed by atoms with Gasteiger partial charge in [0.15, 0.2) is 0 Å². The van der Waals surface area contributed by atoms with Crippen LogP contribution in [0.15, 0.2) is 77.2 Å². The summed E-state index contributed by atoms with van der Waals surface area (Å²) >= 11 is 0. The maximum Gasteiger partial charge on any atom is 0.143 e. The first-order valence-electron chi connectivity index (χ1n) is 9.34. The van der Waals surface area contributed by atoms with Crippen molar-refractivity contribution in [3.63, 3.8) is 0 Å². The van der Waals surface area contributed by atoms with E-state index in [-0.39, 0.29) is 5.54 Å². The molecule has 0 radical (unpaired) electrons. The highest BCUT2D eigenvalue weighted by molar-refractivity contribution is 6.02. The predicted molar refractivity (Wildman–Crippen MR) is 111 cm³/mol. The zero-order valence-electron chi connectivity index (χ0n) is 15.3. The summed E-state index contributed by atoms with van der Waals surface area (Å²) in [5, 5.41) is 4.41. The molecule has 134 valence electrons. The number of furan rings is 1. The van der Waals surface area contributed by atoms with Gasteiger partial charge in [-0.15, -0.1) is 0 Å². The average Bonchev–Trinajstić information content (AvgIpc) is 3.08. The molecule has 0 unspecified atom stereocenters. The van der Waals surface area contributed by atoms with Gasteiger partial charge in [0.25, 0.3) is 0 Å². The van der Waals surface area contributed by atoms with Crippen molar-refractivity contribution in [1.82, 2.24) is 5.32 Å². The fourth-order valence-corrected chi connectivity index (χ4v) is 3.91. The van der Waals surface area contributed by atoms with Gasteiger partial charge in [-0.1, -0.05) is 72.8 Å². The maximum absolute atomic E-state index is 6.43. The van der Waals surface area contributed by atoms with Gasteiger partial charge in [0.1, 0.15) is 11.3 Å². The largest absolute Gasteiger partial charge is 0.455 e. The van der Waals surface area contributed by atoms with E-state index in [2.05, 4.69) is 79.0 Å². The number of nitrogens with one attached hydrogen (secondary N) is 1. The lowest BCUT2D eigenvalue weighted by Crippen LogP contribution is -2.62. The molecular weight excluding hydrogens is 332 g/mol. The zero-order valence-corrected chi connectivity index (χ0v) is 15.3. The number of aryl methyl sites for hydroxylation is 1. The topological polar surface area (TPSA) is 51.2 Å². The second-order valence-electron chi connectivity index (χ2n) is 7.46. The lowest BCUT2D eigenvalue weighted by atomic mass is 9.85. The minimum absolute atomic E-state index is 0.245. The van der Waals surface area contributed by atoms with Crippen molar-refractivity contribution < 1.29 is 4.42 Å². The molecule has 0 saturated carbocycles. The van der Waals surface area contributed by atoms with Crippen LogP contribution in [0.25, 0.3) is 33.4 Å². The summed E-state index contributed by atoms with van der Waals surface area (Å²) in [5.41, 5.74) is 12.8. The predicted octanol–water partition coefficient (Wildman–Crippen LogP) is 4.83. The third-order valence-corrected chi connectivity index (χ3v) is 5.58. The second-order valence-corrected chi connectivity index (χ2v) is 7.46. The molecule has 0 spiro atoms. The van der Waals surface area contributed by atoms with Gasteiger partial charge in [-0.25, -0.2) is 0 Å². The Morgan fingerprint density at radius 1 is 0.852 bits per heavy atom. The van der Waals surface area contributed by atoms with E-state index in [0.717, 1.165) is 46.5 Å². The Bertz CT molecular complexity index is 1110. The average molecular weight is 354 g/mol. The highest BCUT2D eigenvalue weighted by atomic mass is 16.3. The van der Waals surface area contributed by atoms with Crippen molar-refractivity contribution in [2.24, 2.45) is 5.73 Å². The molecule has 0 aliphatic carbocycles. The Morgan fingerprint density at radius 3 is 2.26 bits per heavy atom. The van der Waals surface area contributed by atoms with E-state index in [9.17, 15) is 0 Å². The summed E-state index contributed by atoms with van der Waals surface area (Å²) < 4.78 is 6.39. The van der Waals surface area contributed by atoms with Crippen molar-refractivity contribution in [3.8, 4) is 22.5 Å². The first kappa shape index (κ1) is 16.3. The molecule has 1 saturated heterocycles. The van der Waals surface area contributed by atoms with Gasteiger partial charge < -0.3 is 15.5 Å². The van der Waals surface area contributed by atoms with Gasteiger partial charge in [-0.3, -0.25) is 0 Å². The van der Waals surface area contributed by atoms with Crippen LogP contribution < -0.4 is 11.1 Å². The first-order chi connectivity index (χ1) is 13.2. The van der Waals surface area contributed by atoms with Crippen molar-refractivity contribution in [3.05, 3.63) is 83.9 Å². The molecule has 27 heavy (non-hydrogen) atoms. The molecule has 1 aliphatic heterocycles. The van der Waals surface area contributed by atoms with E-state index in [1.54, 1.807) is 0 Å². The number of benzene rings is 3. The molecule has 1 aromatic heterocycles. The molecule has 5 rings (SSSR count). The number of hydrogen-bond donors (Lipinski definition) is 2. The standard InChI is InChI=1S/C24H22N2O/c1-16-6-5-9-20-21(17-7-3-2-4-8-17)23(27-22(16)20)18-10-12-19(13-11-18)24(25)14-26-15-24/h2-13,26H,14-15,25H2,1H3. The monoisotopic (exact) mass is 354 g/mol. The van der Waals surface area contributed by atoms with Crippen LogP contribution in [0.2, 0.25) is 0 Å². The quantitative estimate of drug-likeness (QED) is 0.554. The number of para-hydroxylation sites is 1. The Balaban J connectivity index is 1.70. The smallest absolute Gasteiger partial charge is 0.143 e. The van der Waals surface area contributed by atoms with Crippen LogP contribution in [-0.2, 0) is 5.54 Å². The third kappa shape index (κ3) is 2.59. The Morgan fingerprint density at radius 2 is 1.59 bits per heavy atom. The van der Waals surface area contributed by atoms with E-state index in [4.69, 9.17) is 10.2 Å². The van der Waals surface area contributed by atoms with Crippen molar-refractivity contribution in [2.75, 3.05) is 13.1 Å². The van der Waals surface area contributed by atoms with Gasteiger partial charge >= 0.3 is 0 Å².